The van der Waals surface area contributed by atoms with Crippen molar-refractivity contribution >= 4 is 11.8 Å². The highest BCUT2D eigenvalue weighted by atomic mass is 16.5. The van der Waals surface area contributed by atoms with Gasteiger partial charge in [0, 0.05) is 24.1 Å². The first-order valence-corrected chi connectivity index (χ1v) is 15.8. The van der Waals surface area contributed by atoms with E-state index in [4.69, 9.17) is 4.74 Å². The largest absolute Gasteiger partial charge is 0.483 e. The van der Waals surface area contributed by atoms with Crippen molar-refractivity contribution in [3.8, 4) is 11.8 Å². The maximum Gasteiger partial charge on any atom is 0.257 e. The van der Waals surface area contributed by atoms with Gasteiger partial charge in [-0.25, -0.2) is 5.01 Å². The number of hydrazine groups is 1. The molecule has 0 spiro atoms. The molecule has 4 atom stereocenters. The van der Waals surface area contributed by atoms with Gasteiger partial charge in [0.1, 0.15) is 6.04 Å². The number of benzene rings is 3. The van der Waals surface area contributed by atoms with Crippen LogP contribution >= 0.6 is 0 Å². The van der Waals surface area contributed by atoms with Crippen LogP contribution in [-0.4, -0.2) is 58.4 Å². The molecule has 47 heavy (non-hydrogen) atoms. The van der Waals surface area contributed by atoms with Crippen LogP contribution < -0.4 is 16.1 Å². The number of allylic oxidation sites excluding steroid dienone is 1. The Hall–Kier alpha value is -4.62. The second-order valence-corrected chi connectivity index (χ2v) is 13.1. The van der Waals surface area contributed by atoms with Crippen molar-refractivity contribution < 1.29 is 24.5 Å². The van der Waals surface area contributed by atoms with E-state index in [1.165, 1.54) is 19.0 Å². The van der Waals surface area contributed by atoms with Gasteiger partial charge in [-0.1, -0.05) is 87.2 Å². The molecular weight excluding hydrogens is 592 g/mol. The number of hydrogen-bond donors (Lipinski definition) is 5. The summed E-state index contributed by atoms with van der Waals surface area (Å²) in [5.74, 6) is 5.73. The number of methoxy groups -OCH3 is 1. The zero-order valence-corrected chi connectivity index (χ0v) is 28.0. The normalized spacial score (nSPS) is 17.9. The van der Waals surface area contributed by atoms with E-state index in [1.54, 1.807) is 13.0 Å². The SMILES string of the molecule is C/C=C(/N[C@H](C(=O)NN(Cc1ccc(C#Cc2ccccc2)cc1)C[C@](C)(O)C(=O)N[C@H]1c2ccccc2C[C@H]1O)C(C)(C)C)OC. The lowest BCUT2D eigenvalue weighted by molar-refractivity contribution is -0.145. The molecule has 248 valence electrons. The van der Waals surface area contributed by atoms with Crippen LogP contribution in [0.4, 0.5) is 0 Å². The molecule has 1 aliphatic carbocycles. The van der Waals surface area contributed by atoms with Crippen LogP contribution in [0.25, 0.3) is 0 Å². The molecule has 0 bridgehead atoms. The number of aliphatic hydroxyl groups excluding tert-OH is 1. The number of nitrogens with one attached hydrogen (secondary N) is 3. The molecule has 9 heteroatoms. The maximum absolute atomic E-state index is 13.8. The average Bonchev–Trinajstić information content (AvgIpc) is 3.35. The minimum atomic E-state index is -1.93. The van der Waals surface area contributed by atoms with E-state index in [1.807, 2.05) is 99.6 Å². The molecule has 4 rings (SSSR count). The summed E-state index contributed by atoms with van der Waals surface area (Å²) in [5.41, 5.74) is 4.84. The first-order valence-electron chi connectivity index (χ1n) is 15.8. The quantitative estimate of drug-likeness (QED) is 0.122. The van der Waals surface area contributed by atoms with Gasteiger partial charge in [-0.2, -0.15) is 0 Å². The number of rotatable bonds is 11. The summed E-state index contributed by atoms with van der Waals surface area (Å²) in [5, 5.41) is 29.8. The first kappa shape index (κ1) is 35.2. The fraction of sp³-hybridized carbons (Fsp3) is 0.368. The summed E-state index contributed by atoms with van der Waals surface area (Å²) < 4.78 is 5.38. The van der Waals surface area contributed by atoms with Gasteiger partial charge in [-0.3, -0.25) is 15.0 Å². The third-order valence-electron chi connectivity index (χ3n) is 8.10. The van der Waals surface area contributed by atoms with Gasteiger partial charge in [0.2, 0.25) is 0 Å². The Balaban J connectivity index is 1.56. The molecule has 3 aromatic carbocycles. The molecule has 0 aromatic heterocycles. The highest BCUT2D eigenvalue weighted by molar-refractivity contribution is 5.86. The van der Waals surface area contributed by atoms with Crippen molar-refractivity contribution in [2.45, 2.75) is 71.4 Å². The molecule has 9 nitrogen and oxygen atoms in total. The van der Waals surface area contributed by atoms with E-state index < -0.39 is 35.1 Å². The maximum atomic E-state index is 13.8. The first-order chi connectivity index (χ1) is 22.3. The van der Waals surface area contributed by atoms with Gasteiger partial charge < -0.3 is 25.6 Å². The zero-order valence-electron chi connectivity index (χ0n) is 28.0. The van der Waals surface area contributed by atoms with Crippen LogP contribution in [0.1, 0.15) is 68.5 Å². The fourth-order valence-electron chi connectivity index (χ4n) is 5.50. The van der Waals surface area contributed by atoms with Gasteiger partial charge in [0.25, 0.3) is 11.8 Å². The van der Waals surface area contributed by atoms with Crippen LogP contribution in [-0.2, 0) is 27.3 Å². The van der Waals surface area contributed by atoms with Crippen molar-refractivity contribution in [3.63, 3.8) is 0 Å². The van der Waals surface area contributed by atoms with Gasteiger partial charge in [0.15, 0.2) is 11.5 Å². The topological polar surface area (TPSA) is 123 Å². The predicted molar refractivity (Wildman–Crippen MR) is 182 cm³/mol. The number of fused-ring (bicyclic) bond motifs is 1. The van der Waals surface area contributed by atoms with Crippen molar-refractivity contribution in [1.82, 2.24) is 21.1 Å². The zero-order chi connectivity index (χ0) is 34.2. The summed E-state index contributed by atoms with van der Waals surface area (Å²) in [7, 11) is 1.52. The van der Waals surface area contributed by atoms with Crippen molar-refractivity contribution in [2.75, 3.05) is 13.7 Å². The lowest BCUT2D eigenvalue weighted by Gasteiger charge is -2.36. The summed E-state index contributed by atoms with van der Waals surface area (Å²) in [6.07, 6.45) is 1.33. The van der Waals surface area contributed by atoms with E-state index in [9.17, 15) is 19.8 Å². The Morgan fingerprint density at radius 2 is 1.60 bits per heavy atom. The fourth-order valence-corrected chi connectivity index (χ4v) is 5.50. The third kappa shape index (κ3) is 9.46. The molecule has 3 aromatic rings. The minimum absolute atomic E-state index is 0.189. The number of carbonyl (C=O) groups is 2. The van der Waals surface area contributed by atoms with E-state index in [0.717, 1.165) is 27.8 Å². The lowest BCUT2D eigenvalue weighted by atomic mass is 9.86. The minimum Gasteiger partial charge on any atom is -0.483 e. The highest BCUT2D eigenvalue weighted by Crippen LogP contribution is 2.31. The monoisotopic (exact) mass is 638 g/mol. The molecule has 0 radical (unpaired) electrons. The van der Waals surface area contributed by atoms with Crippen LogP contribution in [0, 0.1) is 17.3 Å². The molecule has 0 fully saturated rings. The predicted octanol–water partition coefficient (Wildman–Crippen LogP) is 3.96. The van der Waals surface area contributed by atoms with Crippen LogP contribution in [0.2, 0.25) is 0 Å². The molecule has 5 N–H and O–H groups in total. The smallest absolute Gasteiger partial charge is 0.257 e. The number of amides is 2. The van der Waals surface area contributed by atoms with Gasteiger partial charge in [0.05, 0.1) is 25.8 Å². The Bertz CT molecular complexity index is 1620. The summed E-state index contributed by atoms with van der Waals surface area (Å²) in [4.78, 5) is 27.4. The van der Waals surface area contributed by atoms with Crippen molar-refractivity contribution in [3.05, 3.63) is 119 Å². The van der Waals surface area contributed by atoms with Crippen molar-refractivity contribution in [2.24, 2.45) is 5.41 Å². The number of nitrogens with zero attached hydrogens (tertiary/aromatic N) is 1. The Morgan fingerprint density at radius 1 is 0.979 bits per heavy atom. The van der Waals surface area contributed by atoms with E-state index >= 15 is 0 Å². The molecule has 2 amide bonds. The van der Waals surface area contributed by atoms with Gasteiger partial charge in [-0.15, -0.1) is 0 Å². The molecular formula is C38H46N4O5. The summed E-state index contributed by atoms with van der Waals surface area (Å²) in [6, 6.07) is 23.5. The molecule has 0 aliphatic heterocycles. The van der Waals surface area contributed by atoms with Gasteiger partial charge in [-0.05, 0) is 66.3 Å². The third-order valence-corrected chi connectivity index (χ3v) is 8.10. The van der Waals surface area contributed by atoms with E-state index in [2.05, 4.69) is 27.9 Å². The second kappa shape index (κ2) is 15.3. The number of ether oxygens (including phenoxy) is 1. The Labute approximate surface area is 278 Å². The Kier molecular flexibility index (Phi) is 11.5. The van der Waals surface area contributed by atoms with Crippen molar-refractivity contribution in [1.29, 1.82) is 0 Å². The summed E-state index contributed by atoms with van der Waals surface area (Å²) >= 11 is 0. The molecule has 0 unspecified atom stereocenters. The standard InChI is InChI=1S/C38H46N4O5/c1-7-32(47-6)39-34(37(2,3)4)35(44)41-42(24-28-21-19-27(20-22-28)18-17-26-13-9-8-10-14-26)25-38(5,46)36(45)40-33-30-16-12-11-15-29(30)23-31(33)43/h7-16,19-22,31,33-34,39,43,46H,23-25H2,1-6H3,(H,40,45)(H,41,44)/b32-7-/t31-,33+,34-,38+/m1/s1. The Morgan fingerprint density at radius 3 is 2.21 bits per heavy atom. The number of aliphatic hydroxyl groups is 2. The van der Waals surface area contributed by atoms with E-state index in [0.29, 0.717) is 12.3 Å². The van der Waals surface area contributed by atoms with Crippen LogP contribution in [0.3, 0.4) is 0 Å². The molecule has 0 saturated heterocycles. The average molecular weight is 639 g/mol. The van der Waals surface area contributed by atoms with Crippen LogP contribution in [0.5, 0.6) is 0 Å². The number of carbonyl (C=O) groups excluding carboxylic acids is 2. The van der Waals surface area contributed by atoms with E-state index in [-0.39, 0.29) is 19.0 Å². The van der Waals surface area contributed by atoms with Crippen LogP contribution in [0.15, 0.2) is 90.8 Å². The lowest BCUT2D eigenvalue weighted by Crippen LogP contribution is -2.60. The molecule has 0 saturated carbocycles. The highest BCUT2D eigenvalue weighted by Gasteiger charge is 2.40. The number of hydrogen-bond acceptors (Lipinski definition) is 7. The summed E-state index contributed by atoms with van der Waals surface area (Å²) in [6.45, 7) is 8.96. The van der Waals surface area contributed by atoms with Gasteiger partial charge >= 0.3 is 0 Å². The molecule has 1 aliphatic rings. The molecule has 0 heterocycles. The second-order valence-electron chi connectivity index (χ2n) is 13.1.